The second-order valence-corrected chi connectivity index (χ2v) is 5.15. The first-order valence-corrected chi connectivity index (χ1v) is 7.50. The smallest absolute Gasteiger partial charge is 0.213 e. The minimum Gasteiger partial charge on any atom is -0.473 e. The van der Waals surface area contributed by atoms with Gasteiger partial charge in [0.2, 0.25) is 12.3 Å². The molecular formula is C16H23N3O2. The minimum atomic E-state index is 0.459. The number of hydrogen-bond donors (Lipinski definition) is 1. The molecule has 1 aromatic rings. The average Bonchev–Trinajstić information content (AvgIpc) is 2.52. The summed E-state index contributed by atoms with van der Waals surface area (Å²) in [4.78, 5) is 16.8. The van der Waals surface area contributed by atoms with E-state index in [1.807, 2.05) is 24.3 Å². The van der Waals surface area contributed by atoms with Crippen LogP contribution in [0.25, 0.3) is 0 Å². The highest BCUT2D eigenvalue weighted by Crippen LogP contribution is 2.15. The number of nitrogens with zero attached hydrogens (tertiary/aromatic N) is 2. The van der Waals surface area contributed by atoms with Crippen LogP contribution in [0.3, 0.4) is 0 Å². The Morgan fingerprint density at radius 3 is 2.95 bits per heavy atom. The Hall–Kier alpha value is -1.88. The first kappa shape index (κ1) is 15.5. The number of nitrogens with one attached hydrogen (secondary N) is 1. The van der Waals surface area contributed by atoms with Crippen molar-refractivity contribution in [3.8, 4) is 5.88 Å². The van der Waals surface area contributed by atoms with E-state index < -0.39 is 0 Å². The molecular weight excluding hydrogens is 266 g/mol. The van der Waals surface area contributed by atoms with E-state index in [1.54, 1.807) is 6.20 Å². The number of amides is 1. The number of aromatic nitrogens is 1. The Balaban J connectivity index is 1.77. The highest BCUT2D eigenvalue weighted by atomic mass is 16.5. The van der Waals surface area contributed by atoms with Crippen LogP contribution in [0, 0.1) is 0 Å². The van der Waals surface area contributed by atoms with Gasteiger partial charge in [-0.05, 0) is 43.6 Å². The Morgan fingerprint density at radius 2 is 2.14 bits per heavy atom. The van der Waals surface area contributed by atoms with Gasteiger partial charge in [0, 0.05) is 25.4 Å². The summed E-state index contributed by atoms with van der Waals surface area (Å²) in [6, 6.07) is 4.05. The lowest BCUT2D eigenvalue weighted by Gasteiger charge is -2.26. The molecule has 0 spiro atoms. The molecule has 1 saturated heterocycles. The first-order chi connectivity index (χ1) is 10.4. The molecule has 1 aromatic heterocycles. The molecule has 21 heavy (non-hydrogen) atoms. The van der Waals surface area contributed by atoms with Crippen molar-refractivity contribution in [1.82, 2.24) is 15.2 Å². The van der Waals surface area contributed by atoms with Crippen LogP contribution in [0.4, 0.5) is 0 Å². The van der Waals surface area contributed by atoms with E-state index in [0.29, 0.717) is 25.4 Å². The van der Waals surface area contributed by atoms with Gasteiger partial charge in [-0.25, -0.2) is 4.98 Å². The third kappa shape index (κ3) is 5.95. The summed E-state index contributed by atoms with van der Waals surface area (Å²) in [5.74, 6) is 0.650. The molecule has 5 heteroatoms. The third-order valence-corrected chi connectivity index (χ3v) is 3.47. The highest BCUT2D eigenvalue weighted by Gasteiger charge is 2.10. The van der Waals surface area contributed by atoms with Crippen LogP contribution in [0.2, 0.25) is 0 Å². The van der Waals surface area contributed by atoms with Gasteiger partial charge in [-0.1, -0.05) is 12.5 Å². The van der Waals surface area contributed by atoms with Crippen LogP contribution in [-0.2, 0) is 11.3 Å². The van der Waals surface area contributed by atoms with Crippen molar-refractivity contribution in [2.45, 2.75) is 25.8 Å². The highest BCUT2D eigenvalue weighted by molar-refractivity contribution is 5.46. The maximum absolute atomic E-state index is 10.1. The Labute approximate surface area is 126 Å². The van der Waals surface area contributed by atoms with E-state index >= 15 is 0 Å². The van der Waals surface area contributed by atoms with Crippen molar-refractivity contribution in [2.75, 3.05) is 26.2 Å². The normalized spacial score (nSPS) is 16.0. The van der Waals surface area contributed by atoms with Gasteiger partial charge in [-0.15, -0.1) is 0 Å². The average molecular weight is 289 g/mol. The lowest BCUT2D eigenvalue weighted by atomic mass is 10.1. The van der Waals surface area contributed by atoms with Crippen LogP contribution in [0.15, 0.2) is 30.5 Å². The van der Waals surface area contributed by atoms with E-state index in [-0.39, 0.29) is 0 Å². The zero-order valence-electron chi connectivity index (χ0n) is 12.3. The molecule has 0 saturated carbocycles. The maximum Gasteiger partial charge on any atom is 0.213 e. The Kier molecular flexibility index (Phi) is 6.74. The van der Waals surface area contributed by atoms with Crippen molar-refractivity contribution < 1.29 is 9.53 Å². The van der Waals surface area contributed by atoms with E-state index in [0.717, 1.165) is 6.54 Å². The van der Waals surface area contributed by atoms with Crippen LogP contribution in [-0.4, -0.2) is 42.5 Å². The van der Waals surface area contributed by atoms with Crippen molar-refractivity contribution in [1.29, 1.82) is 0 Å². The number of carbonyl (C=O) groups excluding carboxylic acids is 1. The Morgan fingerprint density at radius 1 is 1.29 bits per heavy atom. The number of rotatable bonds is 8. The predicted molar refractivity (Wildman–Crippen MR) is 82.1 cm³/mol. The monoisotopic (exact) mass is 289 g/mol. The summed E-state index contributed by atoms with van der Waals surface area (Å²) >= 11 is 0. The van der Waals surface area contributed by atoms with Crippen molar-refractivity contribution in [2.24, 2.45) is 0 Å². The van der Waals surface area contributed by atoms with E-state index in [4.69, 9.17) is 4.74 Å². The van der Waals surface area contributed by atoms with Gasteiger partial charge in [0.05, 0.1) is 0 Å². The molecule has 0 unspecified atom stereocenters. The fraction of sp³-hybridized carbons (Fsp3) is 0.500. The van der Waals surface area contributed by atoms with Crippen LogP contribution < -0.4 is 10.1 Å². The summed E-state index contributed by atoms with van der Waals surface area (Å²) in [7, 11) is 0. The van der Waals surface area contributed by atoms with Gasteiger partial charge < -0.3 is 10.1 Å². The van der Waals surface area contributed by atoms with Crippen LogP contribution in [0.1, 0.15) is 24.8 Å². The molecule has 0 bridgehead atoms. The van der Waals surface area contributed by atoms with Crippen molar-refractivity contribution in [3.63, 3.8) is 0 Å². The van der Waals surface area contributed by atoms with Gasteiger partial charge in [0.1, 0.15) is 6.61 Å². The molecule has 114 valence electrons. The number of piperidine rings is 1. The molecule has 2 rings (SSSR count). The number of carbonyl (C=O) groups is 1. The van der Waals surface area contributed by atoms with Crippen molar-refractivity contribution >= 4 is 6.41 Å². The fourth-order valence-electron chi connectivity index (χ4n) is 2.40. The van der Waals surface area contributed by atoms with Gasteiger partial charge in [-0.2, -0.15) is 0 Å². The SMILES string of the molecule is O=CNCC=CCOc1cc(CN2CCCCC2)ccn1. The quantitative estimate of drug-likeness (QED) is 0.450. The zero-order valence-corrected chi connectivity index (χ0v) is 12.3. The lowest BCUT2D eigenvalue weighted by molar-refractivity contribution is -0.109. The summed E-state index contributed by atoms with van der Waals surface area (Å²) in [5, 5.41) is 2.56. The lowest BCUT2D eigenvalue weighted by Crippen LogP contribution is -2.29. The molecule has 0 atom stereocenters. The van der Waals surface area contributed by atoms with Crippen LogP contribution >= 0.6 is 0 Å². The van der Waals surface area contributed by atoms with Gasteiger partial charge in [0.25, 0.3) is 0 Å². The second kappa shape index (κ2) is 9.13. The molecule has 5 nitrogen and oxygen atoms in total. The predicted octanol–water partition coefficient (Wildman–Crippen LogP) is 1.75. The van der Waals surface area contributed by atoms with Gasteiger partial charge >= 0.3 is 0 Å². The molecule has 0 radical (unpaired) electrons. The van der Waals surface area contributed by atoms with Gasteiger partial charge in [0.15, 0.2) is 0 Å². The third-order valence-electron chi connectivity index (χ3n) is 3.47. The topological polar surface area (TPSA) is 54.5 Å². The maximum atomic E-state index is 10.1. The number of ether oxygens (including phenoxy) is 1. The molecule has 1 amide bonds. The summed E-state index contributed by atoms with van der Waals surface area (Å²) in [6.07, 6.45) is 10.2. The number of likely N-dealkylation sites (tertiary alicyclic amines) is 1. The van der Waals surface area contributed by atoms with Crippen molar-refractivity contribution in [3.05, 3.63) is 36.0 Å². The Bertz CT molecular complexity index is 457. The number of pyridine rings is 1. The standard InChI is InChI=1S/C16H23N3O2/c20-14-17-7-2-5-11-21-16-12-15(6-8-18-16)13-19-9-3-1-4-10-19/h2,5-6,8,12,14H,1,3-4,7,9-11,13H2,(H,17,20). The zero-order chi connectivity index (χ0) is 14.8. The minimum absolute atomic E-state index is 0.459. The van der Waals surface area contributed by atoms with Gasteiger partial charge in [-0.3, -0.25) is 9.69 Å². The molecule has 1 fully saturated rings. The molecule has 2 heterocycles. The van der Waals surface area contributed by atoms with E-state index in [2.05, 4.69) is 15.2 Å². The van der Waals surface area contributed by atoms with Crippen LogP contribution in [0.5, 0.6) is 5.88 Å². The molecule has 1 N–H and O–H groups in total. The first-order valence-electron chi connectivity index (χ1n) is 7.50. The fourth-order valence-corrected chi connectivity index (χ4v) is 2.40. The van der Waals surface area contributed by atoms with E-state index in [1.165, 1.54) is 37.9 Å². The second-order valence-electron chi connectivity index (χ2n) is 5.15. The number of hydrogen-bond acceptors (Lipinski definition) is 4. The summed E-state index contributed by atoms with van der Waals surface area (Å²) in [5.41, 5.74) is 1.24. The summed E-state index contributed by atoms with van der Waals surface area (Å²) in [6.45, 7) is 4.32. The molecule has 0 aromatic carbocycles. The largest absolute Gasteiger partial charge is 0.473 e. The molecule has 0 aliphatic carbocycles. The molecule has 1 aliphatic rings. The molecule has 1 aliphatic heterocycles. The van der Waals surface area contributed by atoms with E-state index in [9.17, 15) is 4.79 Å². The summed E-state index contributed by atoms with van der Waals surface area (Å²) < 4.78 is 5.58.